The maximum atomic E-state index is 5.26. The van der Waals surface area contributed by atoms with Crippen LogP contribution in [-0.2, 0) is 16.6 Å². The summed E-state index contributed by atoms with van der Waals surface area (Å²) in [6.45, 7) is 5.20. The highest BCUT2D eigenvalue weighted by molar-refractivity contribution is 5.61. The molecule has 0 atom stereocenters. The maximum absolute atomic E-state index is 5.26. The van der Waals surface area contributed by atoms with Gasteiger partial charge in [-0.3, -0.25) is 0 Å². The Bertz CT molecular complexity index is 388. The number of rotatable bonds is 3. The zero-order valence-electron chi connectivity index (χ0n) is 9.71. The van der Waals surface area contributed by atoms with Gasteiger partial charge in [0.1, 0.15) is 0 Å². The first-order valence-corrected chi connectivity index (χ1v) is 5.42. The molecule has 0 spiro atoms. The number of fused-ring (bicyclic) bond motifs is 1. The van der Waals surface area contributed by atoms with Gasteiger partial charge in [0.05, 0.1) is 6.61 Å². The van der Waals surface area contributed by atoms with E-state index >= 15 is 0 Å². The molecule has 1 nitrogen and oxygen atoms in total. The summed E-state index contributed by atoms with van der Waals surface area (Å²) in [5, 5.41) is 0. The lowest BCUT2D eigenvalue weighted by atomic mass is 9.84. The Morgan fingerprint density at radius 3 is 2.87 bits per heavy atom. The quantitative estimate of drug-likeness (QED) is 0.731. The Labute approximate surface area is 91.8 Å². The molecule has 1 aromatic rings. The molecule has 0 unspecified atom stereocenters. The number of ether oxygens (including phenoxy) is 1. The first kappa shape index (κ1) is 10.4. The van der Waals surface area contributed by atoms with E-state index in [1.807, 2.05) is 0 Å². The van der Waals surface area contributed by atoms with Crippen LogP contribution in [0.15, 0.2) is 24.3 Å². The second-order valence-electron chi connectivity index (χ2n) is 4.84. The van der Waals surface area contributed by atoms with Crippen molar-refractivity contribution in [3.8, 4) is 0 Å². The first-order chi connectivity index (χ1) is 7.13. The van der Waals surface area contributed by atoms with Gasteiger partial charge in [-0.1, -0.05) is 44.2 Å². The molecule has 0 radical (unpaired) electrons. The smallest absolute Gasteiger partial charge is 0.0553 e. The molecule has 0 saturated heterocycles. The molecule has 1 aliphatic rings. The van der Waals surface area contributed by atoms with Crippen LogP contribution in [0.2, 0.25) is 0 Å². The van der Waals surface area contributed by atoms with Crippen LogP contribution in [0.3, 0.4) is 0 Å². The predicted molar refractivity (Wildman–Crippen MR) is 64.1 cm³/mol. The number of hydrogen-bond donors (Lipinski definition) is 0. The summed E-state index contributed by atoms with van der Waals surface area (Å²) in [5.74, 6) is 0. The number of benzene rings is 1. The zero-order valence-corrected chi connectivity index (χ0v) is 9.71. The summed E-state index contributed by atoms with van der Waals surface area (Å²) in [7, 11) is 1.76. The minimum atomic E-state index is 0.0974. The van der Waals surface area contributed by atoms with Crippen molar-refractivity contribution in [2.24, 2.45) is 0 Å². The molecular formula is C14H18O. The highest BCUT2D eigenvalue weighted by Crippen LogP contribution is 2.28. The van der Waals surface area contributed by atoms with Crippen molar-refractivity contribution in [2.75, 3.05) is 13.7 Å². The lowest BCUT2D eigenvalue weighted by Gasteiger charge is -2.24. The van der Waals surface area contributed by atoms with Gasteiger partial charge in [0.2, 0.25) is 0 Å². The number of allylic oxidation sites excluding steroid dienone is 1. The SMILES string of the molecule is COCC(C)(C)c1ccc2c(c1)C=CC2. The van der Waals surface area contributed by atoms with E-state index in [4.69, 9.17) is 4.74 Å². The topological polar surface area (TPSA) is 9.23 Å². The zero-order chi connectivity index (χ0) is 10.9. The third-order valence-corrected chi connectivity index (χ3v) is 3.07. The van der Waals surface area contributed by atoms with Crippen LogP contribution < -0.4 is 0 Å². The first-order valence-electron chi connectivity index (χ1n) is 5.42. The van der Waals surface area contributed by atoms with E-state index in [1.165, 1.54) is 16.7 Å². The minimum Gasteiger partial charge on any atom is -0.384 e. The summed E-state index contributed by atoms with van der Waals surface area (Å²) in [6.07, 6.45) is 5.51. The molecule has 0 fully saturated rings. The third-order valence-electron chi connectivity index (χ3n) is 3.07. The van der Waals surface area contributed by atoms with Crippen LogP contribution >= 0.6 is 0 Å². The lowest BCUT2D eigenvalue weighted by molar-refractivity contribution is 0.146. The molecule has 2 rings (SSSR count). The van der Waals surface area contributed by atoms with Gasteiger partial charge >= 0.3 is 0 Å². The van der Waals surface area contributed by atoms with E-state index in [0.29, 0.717) is 0 Å². The molecule has 0 N–H and O–H groups in total. The summed E-state index contributed by atoms with van der Waals surface area (Å²) in [6, 6.07) is 6.75. The molecule has 0 amide bonds. The Kier molecular flexibility index (Phi) is 2.66. The third kappa shape index (κ3) is 1.98. The average Bonchev–Trinajstić information content (AvgIpc) is 2.63. The van der Waals surface area contributed by atoms with Crippen molar-refractivity contribution in [3.05, 3.63) is 41.0 Å². The summed E-state index contributed by atoms with van der Waals surface area (Å²) < 4.78 is 5.26. The molecule has 15 heavy (non-hydrogen) atoms. The van der Waals surface area contributed by atoms with Crippen LogP contribution in [0.5, 0.6) is 0 Å². The van der Waals surface area contributed by atoms with Gasteiger partial charge < -0.3 is 4.74 Å². The van der Waals surface area contributed by atoms with Gasteiger partial charge in [-0.15, -0.1) is 0 Å². The van der Waals surface area contributed by atoms with Crippen molar-refractivity contribution in [3.63, 3.8) is 0 Å². The molecule has 1 heteroatoms. The van der Waals surface area contributed by atoms with Gasteiger partial charge in [-0.05, 0) is 23.1 Å². The van der Waals surface area contributed by atoms with Crippen molar-refractivity contribution in [2.45, 2.75) is 25.7 Å². The molecule has 0 aliphatic heterocycles. The van der Waals surface area contributed by atoms with Crippen molar-refractivity contribution < 1.29 is 4.74 Å². The molecule has 0 aromatic heterocycles. The summed E-state index contributed by atoms with van der Waals surface area (Å²) >= 11 is 0. The average molecular weight is 202 g/mol. The van der Waals surface area contributed by atoms with Crippen LogP contribution in [0.4, 0.5) is 0 Å². The number of methoxy groups -OCH3 is 1. The van der Waals surface area contributed by atoms with E-state index in [-0.39, 0.29) is 5.41 Å². The number of hydrogen-bond acceptors (Lipinski definition) is 1. The molecule has 0 bridgehead atoms. The van der Waals surface area contributed by atoms with Crippen molar-refractivity contribution >= 4 is 6.08 Å². The monoisotopic (exact) mass is 202 g/mol. The van der Waals surface area contributed by atoms with E-state index in [0.717, 1.165) is 13.0 Å². The molecule has 1 aliphatic carbocycles. The highest BCUT2D eigenvalue weighted by Gasteiger charge is 2.21. The summed E-state index contributed by atoms with van der Waals surface area (Å²) in [5.41, 5.74) is 4.26. The molecular weight excluding hydrogens is 184 g/mol. The van der Waals surface area contributed by atoms with Gasteiger partial charge in [0, 0.05) is 12.5 Å². The fraction of sp³-hybridized carbons (Fsp3) is 0.429. The largest absolute Gasteiger partial charge is 0.384 e. The molecule has 0 saturated carbocycles. The van der Waals surface area contributed by atoms with E-state index in [9.17, 15) is 0 Å². The Morgan fingerprint density at radius 2 is 2.13 bits per heavy atom. The van der Waals surface area contributed by atoms with Gasteiger partial charge in [0.15, 0.2) is 0 Å². The Hall–Kier alpha value is -1.08. The Morgan fingerprint density at radius 1 is 1.33 bits per heavy atom. The van der Waals surface area contributed by atoms with E-state index < -0.39 is 0 Å². The predicted octanol–water partition coefficient (Wildman–Crippen LogP) is 3.18. The van der Waals surface area contributed by atoms with Crippen LogP contribution in [0.25, 0.3) is 6.08 Å². The molecule has 80 valence electrons. The molecule has 0 heterocycles. The van der Waals surface area contributed by atoms with Crippen LogP contribution in [0, 0.1) is 0 Å². The lowest BCUT2D eigenvalue weighted by Crippen LogP contribution is -2.23. The van der Waals surface area contributed by atoms with Gasteiger partial charge in [-0.2, -0.15) is 0 Å². The second-order valence-corrected chi connectivity index (χ2v) is 4.84. The maximum Gasteiger partial charge on any atom is 0.0553 e. The fourth-order valence-electron chi connectivity index (χ4n) is 2.11. The standard InChI is InChI=1S/C14H18O/c1-14(2,10-15-3)13-8-7-11-5-4-6-12(11)9-13/h4,6-9H,5,10H2,1-3H3. The van der Waals surface area contributed by atoms with Crippen LogP contribution in [0.1, 0.15) is 30.5 Å². The van der Waals surface area contributed by atoms with Crippen molar-refractivity contribution in [1.29, 1.82) is 0 Å². The minimum absolute atomic E-state index is 0.0974. The normalized spacial score (nSPS) is 14.3. The molecule has 1 aromatic carbocycles. The van der Waals surface area contributed by atoms with E-state index in [2.05, 4.69) is 44.2 Å². The van der Waals surface area contributed by atoms with Crippen LogP contribution in [-0.4, -0.2) is 13.7 Å². The fourth-order valence-corrected chi connectivity index (χ4v) is 2.11. The second kappa shape index (κ2) is 3.82. The van der Waals surface area contributed by atoms with Crippen molar-refractivity contribution in [1.82, 2.24) is 0 Å². The van der Waals surface area contributed by atoms with Gasteiger partial charge in [-0.25, -0.2) is 0 Å². The highest BCUT2D eigenvalue weighted by atomic mass is 16.5. The summed E-state index contributed by atoms with van der Waals surface area (Å²) in [4.78, 5) is 0. The van der Waals surface area contributed by atoms with E-state index in [1.54, 1.807) is 7.11 Å². The van der Waals surface area contributed by atoms with Gasteiger partial charge in [0.25, 0.3) is 0 Å². The Balaban J connectivity index is 2.33.